The van der Waals surface area contributed by atoms with Crippen LogP contribution in [-0.4, -0.2) is 49.2 Å². The molecule has 0 radical (unpaired) electrons. The standard InChI is InChI=1S/C30H31N9O2S/c1-30(2,3)16-34-27-18(11-32)12-33-26-17(10-31)8-19(9-22(26)27)35-28(24-13-39(37-36-24)20-4-5-20)23-15-42-25-14-38(29(40)41)7-6-21(23)25/h8-9,12-13,15,20,28,35H,4-7,14,16H2,1-3H3,(H,33,34)(H,40,41)/t28-/m0/s1. The number of fused-ring (bicyclic) bond motifs is 2. The van der Waals surface area contributed by atoms with Crippen LogP contribution in [0.25, 0.3) is 10.9 Å². The lowest BCUT2D eigenvalue weighted by Gasteiger charge is -2.26. The molecule has 0 bridgehead atoms. The number of hydrogen-bond donors (Lipinski definition) is 3. The van der Waals surface area contributed by atoms with Crippen molar-refractivity contribution in [3.8, 4) is 12.1 Å². The number of benzene rings is 1. The predicted octanol–water partition coefficient (Wildman–Crippen LogP) is 5.66. The zero-order valence-corrected chi connectivity index (χ0v) is 24.5. The van der Waals surface area contributed by atoms with Crippen LogP contribution >= 0.6 is 11.3 Å². The number of aromatic nitrogens is 4. The van der Waals surface area contributed by atoms with Crippen LogP contribution in [0.3, 0.4) is 0 Å². The quantitative estimate of drug-likeness (QED) is 0.250. The summed E-state index contributed by atoms with van der Waals surface area (Å²) in [5.41, 5.74) is 5.51. The minimum atomic E-state index is -0.918. The van der Waals surface area contributed by atoms with Crippen LogP contribution in [0.2, 0.25) is 0 Å². The summed E-state index contributed by atoms with van der Waals surface area (Å²) >= 11 is 1.55. The Hall–Kier alpha value is -4.68. The van der Waals surface area contributed by atoms with Crippen molar-refractivity contribution in [3.63, 3.8) is 0 Å². The van der Waals surface area contributed by atoms with Gasteiger partial charge in [-0.05, 0) is 53.3 Å². The van der Waals surface area contributed by atoms with E-state index in [-0.39, 0.29) is 11.5 Å². The van der Waals surface area contributed by atoms with Crippen LogP contribution in [0.4, 0.5) is 16.2 Å². The second-order valence-electron chi connectivity index (χ2n) is 12.1. The predicted molar refractivity (Wildman–Crippen MR) is 159 cm³/mol. The van der Waals surface area contributed by atoms with E-state index in [4.69, 9.17) is 0 Å². The molecule has 0 unspecified atom stereocenters. The first-order valence-corrected chi connectivity index (χ1v) is 14.8. The van der Waals surface area contributed by atoms with Gasteiger partial charge in [-0.3, -0.25) is 4.98 Å². The molecule has 12 heteroatoms. The number of carboxylic acid groups (broad SMARTS) is 1. The smallest absolute Gasteiger partial charge is 0.407 e. The van der Waals surface area contributed by atoms with Crippen LogP contribution in [0.15, 0.2) is 29.9 Å². The van der Waals surface area contributed by atoms with Gasteiger partial charge < -0.3 is 20.6 Å². The second-order valence-corrected chi connectivity index (χ2v) is 13.0. The Morgan fingerprint density at radius 3 is 2.71 bits per heavy atom. The van der Waals surface area contributed by atoms with E-state index in [9.17, 15) is 20.4 Å². The van der Waals surface area contributed by atoms with E-state index in [1.54, 1.807) is 17.4 Å². The third kappa shape index (κ3) is 5.33. The van der Waals surface area contributed by atoms with Gasteiger partial charge in [-0.25, -0.2) is 9.48 Å². The maximum Gasteiger partial charge on any atom is 0.407 e. The summed E-state index contributed by atoms with van der Waals surface area (Å²) in [6.07, 6.45) is 5.33. The van der Waals surface area contributed by atoms with Gasteiger partial charge in [0, 0.05) is 35.2 Å². The zero-order chi connectivity index (χ0) is 29.6. The molecule has 42 heavy (non-hydrogen) atoms. The molecule has 1 aliphatic heterocycles. The number of hydrogen-bond acceptors (Lipinski definition) is 9. The summed E-state index contributed by atoms with van der Waals surface area (Å²) in [6.45, 7) is 7.74. The van der Waals surface area contributed by atoms with Crippen molar-refractivity contribution >= 4 is 39.7 Å². The van der Waals surface area contributed by atoms with E-state index in [1.165, 1.54) is 11.1 Å². The first-order valence-electron chi connectivity index (χ1n) is 13.9. The first kappa shape index (κ1) is 27.5. The number of amides is 1. The van der Waals surface area contributed by atoms with Crippen LogP contribution in [0.1, 0.15) is 78.5 Å². The summed E-state index contributed by atoms with van der Waals surface area (Å²) in [7, 11) is 0. The van der Waals surface area contributed by atoms with Crippen molar-refractivity contribution in [1.82, 2.24) is 24.9 Å². The molecule has 1 atom stereocenters. The lowest BCUT2D eigenvalue weighted by atomic mass is 9.95. The molecular weight excluding hydrogens is 550 g/mol. The third-order valence-corrected chi connectivity index (χ3v) is 8.66. The minimum Gasteiger partial charge on any atom is -0.465 e. The van der Waals surface area contributed by atoms with E-state index in [2.05, 4.69) is 64.2 Å². The summed E-state index contributed by atoms with van der Waals surface area (Å²) in [6, 6.07) is 8.22. The monoisotopic (exact) mass is 581 g/mol. The number of anilines is 2. The second kappa shape index (κ2) is 10.6. The average molecular weight is 582 g/mol. The molecule has 3 N–H and O–H groups in total. The summed E-state index contributed by atoms with van der Waals surface area (Å²) in [5.74, 6) is 0. The maximum atomic E-state index is 11.6. The molecule has 1 saturated carbocycles. The highest BCUT2D eigenvalue weighted by atomic mass is 32.1. The molecule has 0 spiro atoms. The SMILES string of the molecule is CC(C)(C)CNc1c(C#N)cnc2c(C#N)cc(N[C@H](c3cn(C4CC4)nn3)c3csc4c3CCN(C(=O)O)C4)cc12. The Morgan fingerprint density at radius 1 is 1.24 bits per heavy atom. The molecular formula is C30H31N9O2S. The molecule has 214 valence electrons. The van der Waals surface area contributed by atoms with Crippen molar-refractivity contribution < 1.29 is 9.90 Å². The van der Waals surface area contributed by atoms with E-state index in [1.807, 2.05) is 16.9 Å². The number of pyridine rings is 1. The molecule has 6 rings (SSSR count). The molecule has 0 saturated heterocycles. The third-order valence-electron chi connectivity index (χ3n) is 7.62. The van der Waals surface area contributed by atoms with Crippen molar-refractivity contribution in [2.45, 2.75) is 58.7 Å². The number of nitriles is 2. The minimum absolute atomic E-state index is 0.0387. The number of thiophene rings is 1. The van der Waals surface area contributed by atoms with Gasteiger partial charge in [-0.1, -0.05) is 26.0 Å². The molecule has 1 fully saturated rings. The molecule has 2 aliphatic rings. The Morgan fingerprint density at radius 2 is 2.02 bits per heavy atom. The number of rotatable bonds is 7. The molecule has 3 aromatic heterocycles. The van der Waals surface area contributed by atoms with E-state index >= 15 is 0 Å². The van der Waals surface area contributed by atoms with Crippen LogP contribution < -0.4 is 10.6 Å². The highest BCUT2D eigenvalue weighted by molar-refractivity contribution is 7.10. The highest BCUT2D eigenvalue weighted by Crippen LogP contribution is 2.40. The topological polar surface area (TPSA) is 156 Å². The Kier molecular flexibility index (Phi) is 6.95. The lowest BCUT2D eigenvalue weighted by molar-refractivity contribution is 0.140. The fraction of sp³-hybridized carbons (Fsp3) is 0.400. The zero-order valence-electron chi connectivity index (χ0n) is 23.7. The fourth-order valence-electron chi connectivity index (χ4n) is 5.28. The maximum absolute atomic E-state index is 11.6. The van der Waals surface area contributed by atoms with Crippen molar-refractivity contribution in [2.75, 3.05) is 23.7 Å². The van der Waals surface area contributed by atoms with Gasteiger partial charge in [0.2, 0.25) is 0 Å². The molecule has 11 nitrogen and oxygen atoms in total. The Labute approximate surface area is 247 Å². The van der Waals surface area contributed by atoms with Gasteiger partial charge >= 0.3 is 6.09 Å². The van der Waals surface area contributed by atoms with Gasteiger partial charge in [0.15, 0.2) is 0 Å². The number of nitrogens with one attached hydrogen (secondary N) is 2. The van der Waals surface area contributed by atoms with E-state index < -0.39 is 6.09 Å². The average Bonchev–Trinajstić information content (AvgIpc) is 3.55. The largest absolute Gasteiger partial charge is 0.465 e. The molecule has 1 amide bonds. The summed E-state index contributed by atoms with van der Waals surface area (Å²) in [5, 5.41) is 48.3. The molecule has 1 aromatic carbocycles. The van der Waals surface area contributed by atoms with Crippen LogP contribution in [-0.2, 0) is 13.0 Å². The lowest BCUT2D eigenvalue weighted by Crippen LogP contribution is -2.34. The van der Waals surface area contributed by atoms with Gasteiger partial charge in [0.25, 0.3) is 0 Å². The van der Waals surface area contributed by atoms with Crippen molar-refractivity contribution in [1.29, 1.82) is 10.5 Å². The highest BCUT2D eigenvalue weighted by Gasteiger charge is 2.31. The first-order chi connectivity index (χ1) is 20.1. The fourth-order valence-corrected chi connectivity index (χ4v) is 6.42. The van der Waals surface area contributed by atoms with E-state index in [0.29, 0.717) is 65.5 Å². The van der Waals surface area contributed by atoms with Crippen LogP contribution in [0.5, 0.6) is 0 Å². The Bertz CT molecular complexity index is 1770. The summed E-state index contributed by atoms with van der Waals surface area (Å²) < 4.78 is 1.91. The summed E-state index contributed by atoms with van der Waals surface area (Å²) in [4.78, 5) is 18.6. The van der Waals surface area contributed by atoms with Gasteiger partial charge in [0.05, 0.1) is 47.2 Å². The normalized spacial score (nSPS) is 15.5. The van der Waals surface area contributed by atoms with Gasteiger partial charge in [0.1, 0.15) is 17.8 Å². The van der Waals surface area contributed by atoms with Crippen molar-refractivity contribution in [3.05, 3.63) is 62.7 Å². The van der Waals surface area contributed by atoms with Gasteiger partial charge in [-0.2, -0.15) is 10.5 Å². The Balaban J connectivity index is 1.44. The molecule has 4 heterocycles. The van der Waals surface area contributed by atoms with Gasteiger partial charge in [-0.15, -0.1) is 16.4 Å². The van der Waals surface area contributed by atoms with E-state index in [0.717, 1.165) is 34.5 Å². The molecule has 1 aliphatic carbocycles. The number of nitrogens with zero attached hydrogens (tertiary/aromatic N) is 7. The molecule has 4 aromatic rings. The van der Waals surface area contributed by atoms with Crippen molar-refractivity contribution in [2.24, 2.45) is 5.41 Å². The van der Waals surface area contributed by atoms with Crippen LogP contribution in [0, 0.1) is 28.1 Å². The number of carbonyl (C=O) groups is 1.